The molecular weight excluding hydrogens is 186 g/mol. The lowest BCUT2D eigenvalue weighted by Gasteiger charge is -2.25. The molecule has 1 aromatic rings. The molecule has 0 aliphatic heterocycles. The summed E-state index contributed by atoms with van der Waals surface area (Å²) in [5.41, 5.74) is 4.58. The zero-order valence-electron chi connectivity index (χ0n) is 9.95. The van der Waals surface area contributed by atoms with Crippen molar-refractivity contribution in [2.24, 2.45) is 0 Å². The minimum atomic E-state index is 0. The third-order valence-corrected chi connectivity index (χ3v) is 3.11. The number of quaternary nitrogens is 1. The quantitative estimate of drug-likeness (QED) is 0.651. The van der Waals surface area contributed by atoms with E-state index >= 15 is 0 Å². The van der Waals surface area contributed by atoms with Gasteiger partial charge in [0.25, 0.3) is 0 Å². The van der Waals surface area contributed by atoms with E-state index in [1.54, 1.807) is 11.1 Å². The summed E-state index contributed by atoms with van der Waals surface area (Å²) in [6.45, 7) is 0. The van der Waals surface area contributed by atoms with Crippen LogP contribution in [0.2, 0.25) is 0 Å². The van der Waals surface area contributed by atoms with E-state index in [1.807, 2.05) is 0 Å². The van der Waals surface area contributed by atoms with Gasteiger partial charge < -0.3 is 5.48 Å². The zero-order chi connectivity index (χ0) is 10.2. The fourth-order valence-electron chi connectivity index (χ4n) is 2.14. The molecule has 1 aliphatic carbocycles. The Morgan fingerprint density at radius 2 is 1.53 bits per heavy atom. The van der Waals surface area contributed by atoms with Crippen molar-refractivity contribution in [1.29, 1.82) is 0 Å². The van der Waals surface area contributed by atoms with Gasteiger partial charge in [0.15, 0.2) is 0 Å². The molecule has 0 radical (unpaired) electrons. The molecule has 0 saturated heterocycles. The molecule has 0 unspecified atom stereocenters. The van der Waals surface area contributed by atoms with Gasteiger partial charge in [0.2, 0.25) is 0 Å². The lowest BCUT2D eigenvalue weighted by atomic mass is 9.91. The van der Waals surface area contributed by atoms with Crippen molar-refractivity contribution in [2.75, 3.05) is 21.1 Å². The Labute approximate surface area is 92.4 Å². The van der Waals surface area contributed by atoms with Crippen LogP contribution in [0.3, 0.4) is 0 Å². The van der Waals surface area contributed by atoms with E-state index in [2.05, 4.69) is 39.3 Å². The van der Waals surface area contributed by atoms with Gasteiger partial charge in [-0.15, -0.1) is 0 Å². The Morgan fingerprint density at radius 3 is 2.13 bits per heavy atom. The second kappa shape index (κ2) is 4.33. The van der Waals surface area contributed by atoms with Crippen molar-refractivity contribution < 1.29 is 5.48 Å². The lowest BCUT2D eigenvalue weighted by Crippen LogP contribution is -2.34. The van der Waals surface area contributed by atoms with E-state index in [4.69, 9.17) is 0 Å². The molecule has 0 bridgehead atoms. The summed E-state index contributed by atoms with van der Waals surface area (Å²) in [5.74, 6) is 0. The molecule has 2 rings (SSSR count). The van der Waals surface area contributed by atoms with Gasteiger partial charge in [0, 0.05) is 6.07 Å². The Balaban J connectivity index is 0.00000112. The highest BCUT2D eigenvalue weighted by Crippen LogP contribution is 2.26. The first kappa shape index (κ1) is 12.2. The fourth-order valence-corrected chi connectivity index (χ4v) is 2.14. The van der Waals surface area contributed by atoms with Gasteiger partial charge in [-0.25, -0.2) is 0 Å². The molecule has 15 heavy (non-hydrogen) atoms. The molecule has 84 valence electrons. The second-order valence-electron chi connectivity index (χ2n) is 5.17. The van der Waals surface area contributed by atoms with Gasteiger partial charge in [-0.1, -0.05) is 6.07 Å². The summed E-state index contributed by atoms with van der Waals surface area (Å²) in [6, 6.07) is 7.01. The predicted molar refractivity (Wildman–Crippen MR) is 64.6 cm³/mol. The van der Waals surface area contributed by atoms with Crippen LogP contribution in [0.5, 0.6) is 0 Å². The summed E-state index contributed by atoms with van der Waals surface area (Å²) < 4.78 is 0.924. The van der Waals surface area contributed by atoms with Gasteiger partial charge >= 0.3 is 0 Å². The number of hydrogen-bond donors (Lipinski definition) is 0. The van der Waals surface area contributed by atoms with E-state index in [0.717, 1.165) is 4.48 Å². The highest BCUT2D eigenvalue weighted by molar-refractivity contribution is 5.48. The van der Waals surface area contributed by atoms with Crippen LogP contribution in [0.1, 0.15) is 24.0 Å². The van der Waals surface area contributed by atoms with E-state index in [0.29, 0.717) is 0 Å². The molecule has 0 fully saturated rings. The standard InChI is InChI=1S/C13H20N.H2O/c1-14(2,3)13-9-8-11-6-4-5-7-12(11)10-13;/h8-10H,4-7H2,1-3H3;1H2/q+1;/p-1. The monoisotopic (exact) mass is 207 g/mol. The number of aryl methyl sites for hydroxylation is 2. The molecule has 1 aromatic carbocycles. The van der Waals surface area contributed by atoms with Gasteiger partial charge in [-0.3, -0.25) is 4.48 Å². The van der Waals surface area contributed by atoms with E-state index < -0.39 is 0 Å². The summed E-state index contributed by atoms with van der Waals surface area (Å²) >= 11 is 0. The van der Waals surface area contributed by atoms with Crippen molar-refractivity contribution in [3.8, 4) is 0 Å². The Bertz CT molecular complexity index is 339. The third kappa shape index (κ3) is 2.58. The molecule has 1 N–H and O–H groups in total. The molecular formula is C13H21NO. The highest BCUT2D eigenvalue weighted by Gasteiger charge is 2.16. The maximum absolute atomic E-state index is 2.40. The van der Waals surface area contributed by atoms with Crippen LogP contribution in [0.4, 0.5) is 5.69 Å². The van der Waals surface area contributed by atoms with Crippen LogP contribution in [0.15, 0.2) is 18.2 Å². The topological polar surface area (TPSA) is 30.0 Å². The molecule has 1 aliphatic rings. The normalized spacial score (nSPS) is 15.4. The molecule has 0 heterocycles. The molecule has 0 atom stereocenters. The van der Waals surface area contributed by atoms with Crippen molar-refractivity contribution in [3.63, 3.8) is 0 Å². The fraction of sp³-hybridized carbons (Fsp3) is 0.538. The van der Waals surface area contributed by atoms with Gasteiger partial charge in [-0.2, -0.15) is 0 Å². The predicted octanol–water partition coefficient (Wildman–Crippen LogP) is 2.59. The van der Waals surface area contributed by atoms with Crippen molar-refractivity contribution in [1.82, 2.24) is 4.48 Å². The minimum Gasteiger partial charge on any atom is -0.870 e. The largest absolute Gasteiger partial charge is 0.870 e. The maximum Gasteiger partial charge on any atom is 0.132 e. The molecule has 2 nitrogen and oxygen atoms in total. The summed E-state index contributed by atoms with van der Waals surface area (Å²) in [7, 11) is 6.68. The number of rotatable bonds is 1. The van der Waals surface area contributed by atoms with Crippen LogP contribution in [-0.4, -0.2) is 26.6 Å². The first-order valence-electron chi connectivity index (χ1n) is 5.51. The van der Waals surface area contributed by atoms with Crippen LogP contribution in [-0.2, 0) is 12.8 Å². The van der Waals surface area contributed by atoms with Gasteiger partial charge in [-0.05, 0) is 42.9 Å². The lowest BCUT2D eigenvalue weighted by molar-refractivity contribution is 0.485. The first-order valence-corrected chi connectivity index (χ1v) is 5.51. The maximum atomic E-state index is 2.40. The summed E-state index contributed by atoms with van der Waals surface area (Å²) in [4.78, 5) is 0. The molecule has 0 saturated carbocycles. The van der Waals surface area contributed by atoms with Crippen LogP contribution >= 0.6 is 0 Å². The number of hydrogen-bond acceptors (Lipinski definition) is 1. The summed E-state index contributed by atoms with van der Waals surface area (Å²) in [6.07, 6.45) is 5.31. The number of nitrogens with zero attached hydrogens (tertiary/aromatic N) is 1. The van der Waals surface area contributed by atoms with E-state index in [1.165, 1.54) is 31.4 Å². The highest BCUT2D eigenvalue weighted by atomic mass is 16.0. The van der Waals surface area contributed by atoms with Crippen molar-refractivity contribution in [3.05, 3.63) is 29.3 Å². The minimum absolute atomic E-state index is 0. The Kier molecular flexibility index (Phi) is 3.53. The van der Waals surface area contributed by atoms with Crippen LogP contribution < -0.4 is 4.48 Å². The van der Waals surface area contributed by atoms with Crippen LogP contribution in [0.25, 0.3) is 0 Å². The molecule has 0 amide bonds. The first-order chi connectivity index (χ1) is 6.57. The zero-order valence-corrected chi connectivity index (χ0v) is 9.95. The van der Waals surface area contributed by atoms with E-state index in [-0.39, 0.29) is 5.48 Å². The molecule has 2 heteroatoms. The van der Waals surface area contributed by atoms with Crippen molar-refractivity contribution in [2.45, 2.75) is 25.7 Å². The average Bonchev–Trinajstić information content (AvgIpc) is 2.16. The van der Waals surface area contributed by atoms with E-state index in [9.17, 15) is 0 Å². The molecule has 0 spiro atoms. The summed E-state index contributed by atoms with van der Waals surface area (Å²) in [5, 5.41) is 0. The second-order valence-corrected chi connectivity index (χ2v) is 5.17. The Hall–Kier alpha value is -0.860. The Morgan fingerprint density at radius 1 is 0.933 bits per heavy atom. The molecule has 0 aromatic heterocycles. The third-order valence-electron chi connectivity index (χ3n) is 3.11. The van der Waals surface area contributed by atoms with Crippen LogP contribution in [0, 0.1) is 0 Å². The van der Waals surface area contributed by atoms with Crippen molar-refractivity contribution >= 4 is 5.69 Å². The average molecular weight is 207 g/mol. The smallest absolute Gasteiger partial charge is 0.132 e. The van der Waals surface area contributed by atoms with Gasteiger partial charge in [0.05, 0.1) is 21.1 Å². The number of fused-ring (bicyclic) bond motifs is 1. The SMILES string of the molecule is C[N+](C)(C)c1ccc2c(c1)CCCC2.[OH-]. The van der Waals surface area contributed by atoms with Gasteiger partial charge in [0.1, 0.15) is 5.69 Å². The number of benzene rings is 1.